The molecule has 9 heteroatoms. The molecule has 1 fully saturated rings. The first kappa shape index (κ1) is 23.9. The maximum atomic E-state index is 13.6. The summed E-state index contributed by atoms with van der Waals surface area (Å²) in [5.41, 5.74) is 6.79. The molecule has 0 radical (unpaired) electrons. The maximum absolute atomic E-state index is 13.6. The minimum Gasteiger partial charge on any atom is -0.387 e. The number of rotatable bonds is 6. The number of amides is 1. The van der Waals surface area contributed by atoms with Crippen LogP contribution in [0.4, 0.5) is 10.1 Å². The summed E-state index contributed by atoms with van der Waals surface area (Å²) in [5.74, 6) is -0.471. The Balaban J connectivity index is 1.20. The van der Waals surface area contributed by atoms with E-state index in [2.05, 4.69) is 50.3 Å². The molecule has 192 valence electrons. The molecule has 1 saturated heterocycles. The van der Waals surface area contributed by atoms with Gasteiger partial charge in [0, 0.05) is 72.5 Å². The van der Waals surface area contributed by atoms with Gasteiger partial charge in [-0.15, -0.1) is 0 Å². The molecule has 0 bridgehead atoms. The summed E-state index contributed by atoms with van der Waals surface area (Å²) in [6.45, 7) is 2.74. The second-order valence-corrected chi connectivity index (χ2v) is 9.45. The number of hydrogen-bond acceptors (Lipinski definition) is 5. The Hall–Kier alpha value is -4.50. The van der Waals surface area contributed by atoms with Crippen LogP contribution in [0.2, 0.25) is 0 Å². The third kappa shape index (κ3) is 4.76. The normalized spacial score (nSPS) is 13.8. The van der Waals surface area contributed by atoms with E-state index < -0.39 is 6.61 Å². The number of aromatic nitrogens is 4. The molecule has 8 nitrogen and oxygen atoms in total. The molecule has 3 aromatic heterocycles. The molecule has 6 rings (SSSR count). The van der Waals surface area contributed by atoms with Gasteiger partial charge < -0.3 is 19.9 Å². The van der Waals surface area contributed by atoms with Gasteiger partial charge in [0.15, 0.2) is 0 Å². The molecule has 0 spiro atoms. The standard InChI is InChI=1S/C29H27FN6O2/c30-24-3-1-2-20(12-24)17-36-18-23(15-33-36)27-16-32-29-26(27)13-22(14-31-29)21-4-6-25(7-5-21)34-8-10-35(11-9-34)28(38)19-37/h1-7,12-16,18,37H,8-11,17,19H2,(H,31,32). The van der Waals surface area contributed by atoms with Crippen molar-refractivity contribution in [1.29, 1.82) is 0 Å². The van der Waals surface area contributed by atoms with Gasteiger partial charge in [-0.3, -0.25) is 9.48 Å². The second-order valence-electron chi connectivity index (χ2n) is 9.45. The zero-order valence-electron chi connectivity index (χ0n) is 20.7. The van der Waals surface area contributed by atoms with Crippen molar-refractivity contribution in [3.63, 3.8) is 0 Å². The van der Waals surface area contributed by atoms with E-state index in [4.69, 9.17) is 5.11 Å². The first-order valence-corrected chi connectivity index (χ1v) is 12.6. The third-order valence-corrected chi connectivity index (χ3v) is 7.04. The Kier molecular flexibility index (Phi) is 6.35. The van der Waals surface area contributed by atoms with Gasteiger partial charge in [0.2, 0.25) is 5.91 Å². The summed E-state index contributed by atoms with van der Waals surface area (Å²) in [6.07, 6.45) is 7.58. The molecular weight excluding hydrogens is 483 g/mol. The number of aliphatic hydroxyl groups excluding tert-OH is 1. The van der Waals surface area contributed by atoms with E-state index in [0.717, 1.165) is 57.6 Å². The number of nitrogens with zero attached hydrogens (tertiary/aromatic N) is 5. The Morgan fingerprint density at radius 3 is 2.55 bits per heavy atom. The van der Waals surface area contributed by atoms with Gasteiger partial charge in [0.1, 0.15) is 18.1 Å². The number of carbonyl (C=O) groups excluding carboxylic acids is 1. The highest BCUT2D eigenvalue weighted by Gasteiger charge is 2.20. The van der Waals surface area contributed by atoms with E-state index in [0.29, 0.717) is 19.6 Å². The van der Waals surface area contributed by atoms with Crippen molar-refractivity contribution in [3.05, 3.63) is 90.8 Å². The van der Waals surface area contributed by atoms with Crippen LogP contribution >= 0.6 is 0 Å². The van der Waals surface area contributed by atoms with Gasteiger partial charge in [-0.05, 0) is 41.5 Å². The highest BCUT2D eigenvalue weighted by atomic mass is 19.1. The van der Waals surface area contributed by atoms with Crippen LogP contribution in [-0.2, 0) is 11.3 Å². The number of fused-ring (bicyclic) bond motifs is 1. The van der Waals surface area contributed by atoms with Crippen LogP contribution in [0.3, 0.4) is 0 Å². The minimum atomic E-state index is -0.437. The van der Waals surface area contributed by atoms with E-state index in [9.17, 15) is 9.18 Å². The molecule has 1 aliphatic rings. The second kappa shape index (κ2) is 10.1. The Morgan fingerprint density at radius 2 is 1.79 bits per heavy atom. The molecule has 0 unspecified atom stereocenters. The van der Waals surface area contributed by atoms with Gasteiger partial charge in [-0.1, -0.05) is 24.3 Å². The lowest BCUT2D eigenvalue weighted by Gasteiger charge is -2.36. The molecule has 38 heavy (non-hydrogen) atoms. The summed E-state index contributed by atoms with van der Waals surface area (Å²) >= 11 is 0. The number of pyridine rings is 1. The van der Waals surface area contributed by atoms with E-state index in [1.54, 1.807) is 15.6 Å². The lowest BCUT2D eigenvalue weighted by Crippen LogP contribution is -2.49. The molecule has 1 aliphatic heterocycles. The summed E-state index contributed by atoms with van der Waals surface area (Å²) in [4.78, 5) is 23.6. The van der Waals surface area contributed by atoms with Crippen LogP contribution in [0, 0.1) is 5.82 Å². The molecule has 0 aliphatic carbocycles. The van der Waals surface area contributed by atoms with E-state index in [1.165, 1.54) is 12.1 Å². The van der Waals surface area contributed by atoms with Crippen LogP contribution in [0.5, 0.6) is 0 Å². The van der Waals surface area contributed by atoms with Crippen molar-refractivity contribution in [1.82, 2.24) is 24.6 Å². The van der Waals surface area contributed by atoms with Crippen LogP contribution in [0.25, 0.3) is 33.3 Å². The zero-order valence-corrected chi connectivity index (χ0v) is 20.7. The summed E-state index contributed by atoms with van der Waals surface area (Å²) in [5, 5.41) is 14.6. The molecule has 0 atom stereocenters. The van der Waals surface area contributed by atoms with E-state index >= 15 is 0 Å². The zero-order chi connectivity index (χ0) is 26.1. The summed E-state index contributed by atoms with van der Waals surface area (Å²) in [6, 6.07) is 17.0. The molecule has 1 amide bonds. The smallest absolute Gasteiger partial charge is 0.248 e. The molecule has 2 N–H and O–H groups in total. The largest absolute Gasteiger partial charge is 0.387 e. The maximum Gasteiger partial charge on any atom is 0.248 e. The fraction of sp³-hybridized carbons (Fsp3) is 0.207. The molecular formula is C29H27FN6O2. The average Bonchev–Trinajstić information content (AvgIpc) is 3.59. The number of anilines is 1. The summed E-state index contributed by atoms with van der Waals surface area (Å²) in [7, 11) is 0. The van der Waals surface area contributed by atoms with Crippen LogP contribution in [0.1, 0.15) is 5.56 Å². The Bertz CT molecular complexity index is 1580. The summed E-state index contributed by atoms with van der Waals surface area (Å²) < 4.78 is 15.4. The van der Waals surface area contributed by atoms with Crippen molar-refractivity contribution in [2.45, 2.75) is 6.54 Å². The number of H-pyrrole nitrogens is 1. The lowest BCUT2D eigenvalue weighted by atomic mass is 10.0. The minimum absolute atomic E-state index is 0.217. The number of piperazine rings is 1. The first-order valence-electron chi connectivity index (χ1n) is 12.6. The fourth-order valence-electron chi connectivity index (χ4n) is 4.99. The highest BCUT2D eigenvalue weighted by molar-refractivity contribution is 5.95. The molecule has 0 saturated carbocycles. The predicted molar refractivity (Wildman–Crippen MR) is 144 cm³/mol. The van der Waals surface area contributed by atoms with Gasteiger partial charge in [-0.25, -0.2) is 9.37 Å². The number of nitrogens with one attached hydrogen (secondary N) is 1. The van der Waals surface area contributed by atoms with Gasteiger partial charge in [0.05, 0.1) is 12.7 Å². The molecule has 2 aromatic carbocycles. The van der Waals surface area contributed by atoms with Crippen molar-refractivity contribution in [3.8, 4) is 22.3 Å². The van der Waals surface area contributed by atoms with Crippen molar-refractivity contribution in [2.75, 3.05) is 37.7 Å². The van der Waals surface area contributed by atoms with Crippen LogP contribution in [-0.4, -0.2) is 68.4 Å². The number of aromatic amines is 1. The van der Waals surface area contributed by atoms with E-state index in [1.807, 2.05) is 30.9 Å². The van der Waals surface area contributed by atoms with Gasteiger partial charge in [0.25, 0.3) is 0 Å². The third-order valence-electron chi connectivity index (χ3n) is 7.04. The average molecular weight is 511 g/mol. The monoisotopic (exact) mass is 510 g/mol. The number of hydrogen-bond donors (Lipinski definition) is 2. The fourth-order valence-corrected chi connectivity index (χ4v) is 4.99. The molecule has 5 aromatic rings. The van der Waals surface area contributed by atoms with Crippen molar-refractivity contribution >= 4 is 22.6 Å². The highest BCUT2D eigenvalue weighted by Crippen LogP contribution is 2.31. The number of benzene rings is 2. The van der Waals surface area contributed by atoms with Crippen LogP contribution in [0.15, 0.2) is 79.4 Å². The Labute approximate surface area is 219 Å². The predicted octanol–water partition coefficient (Wildman–Crippen LogP) is 3.92. The van der Waals surface area contributed by atoms with Crippen LogP contribution < -0.4 is 4.90 Å². The number of aliphatic hydroxyl groups is 1. The van der Waals surface area contributed by atoms with Gasteiger partial charge in [-0.2, -0.15) is 5.10 Å². The van der Waals surface area contributed by atoms with Crippen molar-refractivity contribution < 1.29 is 14.3 Å². The lowest BCUT2D eigenvalue weighted by molar-refractivity contribution is -0.134. The van der Waals surface area contributed by atoms with E-state index in [-0.39, 0.29) is 11.7 Å². The number of halogens is 1. The molecule has 4 heterocycles. The Morgan fingerprint density at radius 1 is 0.974 bits per heavy atom. The first-order chi connectivity index (χ1) is 18.6. The van der Waals surface area contributed by atoms with Gasteiger partial charge >= 0.3 is 0 Å². The SMILES string of the molecule is O=C(CO)N1CCN(c2ccc(-c3cnc4[nH]cc(-c5cnn(Cc6cccc(F)c6)c5)c4c3)cc2)CC1. The topological polar surface area (TPSA) is 90.3 Å². The van der Waals surface area contributed by atoms with Crippen molar-refractivity contribution in [2.24, 2.45) is 0 Å². The quantitative estimate of drug-likeness (QED) is 0.361. The number of carbonyl (C=O) groups is 1.